The Bertz CT molecular complexity index is 426. The van der Waals surface area contributed by atoms with Crippen LogP contribution in [-0.2, 0) is 17.7 Å². The summed E-state index contributed by atoms with van der Waals surface area (Å²) in [5.74, 6) is 0. The summed E-state index contributed by atoms with van der Waals surface area (Å²) >= 11 is 1.87. The molecule has 18 heavy (non-hydrogen) atoms. The van der Waals surface area contributed by atoms with Crippen molar-refractivity contribution in [2.24, 2.45) is 0 Å². The molecule has 3 heterocycles. The van der Waals surface area contributed by atoms with E-state index in [0.717, 1.165) is 32.6 Å². The van der Waals surface area contributed by atoms with E-state index in [0.29, 0.717) is 12.2 Å². The summed E-state index contributed by atoms with van der Waals surface area (Å²) in [6.45, 7) is 8.36. The molecular weight excluding hydrogens is 246 g/mol. The van der Waals surface area contributed by atoms with Gasteiger partial charge in [0.15, 0.2) is 5.13 Å². The minimum atomic E-state index is 0.329. The monoisotopic (exact) mass is 267 g/mol. The summed E-state index contributed by atoms with van der Waals surface area (Å²) in [6, 6.07) is 0. The molecule has 0 radical (unpaired) electrons. The van der Waals surface area contributed by atoms with Gasteiger partial charge in [0.05, 0.1) is 17.9 Å². The average molecular weight is 267 g/mol. The number of nitrogens with zero attached hydrogens (tertiary/aromatic N) is 3. The number of ether oxygens (including phenoxy) is 1. The van der Waals surface area contributed by atoms with E-state index in [-0.39, 0.29) is 0 Å². The molecule has 2 aliphatic rings. The number of hydrogen-bond donors (Lipinski definition) is 0. The molecule has 0 bridgehead atoms. The fourth-order valence-electron chi connectivity index (χ4n) is 2.52. The summed E-state index contributed by atoms with van der Waals surface area (Å²) in [4.78, 5) is 10.9. The molecular formula is C13H21N3OS. The maximum absolute atomic E-state index is 5.78. The Hall–Kier alpha value is -0.650. The van der Waals surface area contributed by atoms with Gasteiger partial charge >= 0.3 is 0 Å². The zero-order valence-electron chi connectivity index (χ0n) is 11.3. The Morgan fingerprint density at radius 1 is 1.39 bits per heavy atom. The van der Waals surface area contributed by atoms with Crippen molar-refractivity contribution in [3.63, 3.8) is 0 Å². The Kier molecular flexibility index (Phi) is 3.30. The van der Waals surface area contributed by atoms with E-state index in [1.807, 2.05) is 11.3 Å². The lowest BCUT2D eigenvalue weighted by atomic mass is 10.2. The molecule has 1 saturated heterocycles. The molecule has 1 aromatic rings. The lowest BCUT2D eigenvalue weighted by Gasteiger charge is -2.39. The van der Waals surface area contributed by atoms with Gasteiger partial charge in [0.2, 0.25) is 0 Å². The number of hydrogen-bond acceptors (Lipinski definition) is 5. The highest BCUT2D eigenvalue weighted by atomic mass is 32.1. The number of thiazole rings is 1. The molecule has 0 amide bonds. The van der Waals surface area contributed by atoms with Crippen molar-refractivity contribution in [1.29, 1.82) is 0 Å². The van der Waals surface area contributed by atoms with Gasteiger partial charge in [0.1, 0.15) is 0 Å². The highest BCUT2D eigenvalue weighted by Crippen LogP contribution is 2.32. The second-order valence-corrected chi connectivity index (χ2v) is 6.63. The van der Waals surface area contributed by atoms with Crippen molar-refractivity contribution < 1.29 is 4.74 Å². The molecule has 1 fully saturated rings. The van der Waals surface area contributed by atoms with Crippen LogP contribution in [0, 0.1) is 0 Å². The van der Waals surface area contributed by atoms with E-state index < -0.39 is 0 Å². The van der Waals surface area contributed by atoms with Crippen molar-refractivity contribution in [2.45, 2.75) is 39.0 Å². The molecule has 1 aromatic heterocycles. The molecule has 0 atom stereocenters. The van der Waals surface area contributed by atoms with Crippen LogP contribution in [0.2, 0.25) is 0 Å². The lowest BCUT2D eigenvalue weighted by Crippen LogP contribution is -2.53. The van der Waals surface area contributed by atoms with Crippen LogP contribution in [0.15, 0.2) is 0 Å². The van der Waals surface area contributed by atoms with Gasteiger partial charge in [-0.3, -0.25) is 0 Å². The molecule has 0 aromatic carbocycles. The standard InChI is InChI=1S/C13H21N3OS/c1-9(2)17-10-6-16(7-10)13-14-11-8-15(3)5-4-12(11)18-13/h9-10H,4-8H2,1-3H3. The average Bonchev–Trinajstić information content (AvgIpc) is 2.64. The number of rotatable bonds is 3. The van der Waals surface area contributed by atoms with Gasteiger partial charge in [0.25, 0.3) is 0 Å². The quantitative estimate of drug-likeness (QED) is 0.834. The van der Waals surface area contributed by atoms with Gasteiger partial charge in [-0.1, -0.05) is 0 Å². The first-order valence-electron chi connectivity index (χ1n) is 6.69. The largest absolute Gasteiger partial charge is 0.372 e. The Morgan fingerprint density at radius 2 is 2.17 bits per heavy atom. The molecule has 3 rings (SSSR count). The van der Waals surface area contributed by atoms with Crippen LogP contribution < -0.4 is 4.90 Å². The molecule has 0 aliphatic carbocycles. The zero-order valence-corrected chi connectivity index (χ0v) is 12.2. The molecule has 100 valence electrons. The van der Waals surface area contributed by atoms with E-state index in [4.69, 9.17) is 9.72 Å². The predicted octanol–water partition coefficient (Wildman–Crippen LogP) is 1.74. The van der Waals surface area contributed by atoms with E-state index in [9.17, 15) is 0 Å². The van der Waals surface area contributed by atoms with Crippen LogP contribution >= 0.6 is 11.3 Å². The summed E-state index contributed by atoms with van der Waals surface area (Å²) in [7, 11) is 2.16. The zero-order chi connectivity index (χ0) is 12.7. The van der Waals surface area contributed by atoms with Gasteiger partial charge in [-0.15, -0.1) is 11.3 Å². The predicted molar refractivity (Wildman–Crippen MR) is 74.4 cm³/mol. The van der Waals surface area contributed by atoms with Crippen molar-refractivity contribution in [3.05, 3.63) is 10.6 Å². The molecule has 0 spiro atoms. The van der Waals surface area contributed by atoms with E-state index in [1.165, 1.54) is 15.7 Å². The minimum Gasteiger partial charge on any atom is -0.372 e. The Balaban J connectivity index is 1.62. The lowest BCUT2D eigenvalue weighted by molar-refractivity contribution is -0.00721. The first-order valence-corrected chi connectivity index (χ1v) is 7.51. The minimum absolute atomic E-state index is 0.329. The Labute approximate surface area is 113 Å². The van der Waals surface area contributed by atoms with Crippen molar-refractivity contribution in [3.8, 4) is 0 Å². The second-order valence-electron chi connectivity index (χ2n) is 5.57. The molecule has 0 unspecified atom stereocenters. The van der Waals surface area contributed by atoms with Gasteiger partial charge in [0, 0.05) is 31.1 Å². The highest BCUT2D eigenvalue weighted by Gasteiger charge is 2.31. The molecule has 5 heteroatoms. The smallest absolute Gasteiger partial charge is 0.186 e. The van der Waals surface area contributed by atoms with Crippen LogP contribution in [0.1, 0.15) is 24.4 Å². The fourth-order valence-corrected chi connectivity index (χ4v) is 3.59. The summed E-state index contributed by atoms with van der Waals surface area (Å²) < 4.78 is 5.78. The number of anilines is 1. The first kappa shape index (κ1) is 12.4. The maximum atomic E-state index is 5.78. The summed E-state index contributed by atoms with van der Waals surface area (Å²) in [6.07, 6.45) is 1.88. The Morgan fingerprint density at radius 3 is 2.89 bits per heavy atom. The third-order valence-corrected chi connectivity index (χ3v) is 4.71. The maximum Gasteiger partial charge on any atom is 0.186 e. The molecule has 4 nitrogen and oxygen atoms in total. The third kappa shape index (κ3) is 2.39. The number of likely N-dealkylation sites (N-methyl/N-ethyl adjacent to an activating group) is 1. The number of fused-ring (bicyclic) bond motifs is 1. The molecule has 2 aliphatic heterocycles. The highest BCUT2D eigenvalue weighted by molar-refractivity contribution is 7.15. The van der Waals surface area contributed by atoms with E-state index in [1.54, 1.807) is 0 Å². The fraction of sp³-hybridized carbons (Fsp3) is 0.769. The second kappa shape index (κ2) is 4.79. The van der Waals surface area contributed by atoms with Crippen LogP contribution in [-0.4, -0.2) is 48.8 Å². The summed E-state index contributed by atoms with van der Waals surface area (Å²) in [5, 5.41) is 1.19. The van der Waals surface area contributed by atoms with Crippen molar-refractivity contribution in [2.75, 3.05) is 31.6 Å². The van der Waals surface area contributed by atoms with Crippen LogP contribution in [0.4, 0.5) is 5.13 Å². The van der Waals surface area contributed by atoms with Gasteiger partial charge < -0.3 is 14.5 Å². The normalized spacial score (nSPS) is 21.2. The summed E-state index contributed by atoms with van der Waals surface area (Å²) in [5.41, 5.74) is 1.29. The number of aromatic nitrogens is 1. The van der Waals surface area contributed by atoms with Crippen molar-refractivity contribution >= 4 is 16.5 Å². The van der Waals surface area contributed by atoms with E-state index >= 15 is 0 Å². The molecule has 0 saturated carbocycles. The van der Waals surface area contributed by atoms with Gasteiger partial charge in [-0.2, -0.15) is 0 Å². The van der Waals surface area contributed by atoms with E-state index in [2.05, 4.69) is 30.7 Å². The van der Waals surface area contributed by atoms with Crippen LogP contribution in [0.5, 0.6) is 0 Å². The van der Waals surface area contributed by atoms with Gasteiger partial charge in [-0.25, -0.2) is 4.98 Å². The van der Waals surface area contributed by atoms with Crippen molar-refractivity contribution in [1.82, 2.24) is 9.88 Å². The van der Waals surface area contributed by atoms with Gasteiger partial charge in [-0.05, 0) is 27.3 Å². The van der Waals surface area contributed by atoms with Crippen LogP contribution in [0.25, 0.3) is 0 Å². The van der Waals surface area contributed by atoms with Crippen LogP contribution in [0.3, 0.4) is 0 Å². The molecule has 0 N–H and O–H groups in total. The SMILES string of the molecule is CC(C)OC1CN(c2nc3c(s2)CCN(C)C3)C1. The third-order valence-electron chi connectivity index (χ3n) is 3.49. The first-order chi connectivity index (χ1) is 8.61. The topological polar surface area (TPSA) is 28.6 Å².